The summed E-state index contributed by atoms with van der Waals surface area (Å²) in [5.74, 6) is 0.0539. The summed E-state index contributed by atoms with van der Waals surface area (Å²) in [6, 6.07) is 8.12. The van der Waals surface area contributed by atoms with Crippen molar-refractivity contribution in [3.8, 4) is 11.3 Å². The van der Waals surface area contributed by atoms with Gasteiger partial charge in [0.15, 0.2) is 0 Å². The van der Waals surface area contributed by atoms with Crippen LogP contribution in [0.25, 0.3) is 11.3 Å². The highest BCUT2D eigenvalue weighted by molar-refractivity contribution is 5.97. The second kappa shape index (κ2) is 8.46. The van der Waals surface area contributed by atoms with Gasteiger partial charge < -0.3 is 24.3 Å². The van der Waals surface area contributed by atoms with E-state index in [0.29, 0.717) is 30.2 Å². The van der Waals surface area contributed by atoms with Crippen LogP contribution in [0.2, 0.25) is 0 Å². The smallest absolute Gasteiger partial charge is 0.337 e. The van der Waals surface area contributed by atoms with E-state index in [0.717, 1.165) is 0 Å². The van der Waals surface area contributed by atoms with E-state index < -0.39 is 18.0 Å². The highest BCUT2D eigenvalue weighted by Gasteiger charge is 2.16. The molecule has 134 valence electrons. The number of aliphatic hydroxyl groups excluding tert-OH is 1. The van der Waals surface area contributed by atoms with Crippen molar-refractivity contribution in [2.45, 2.75) is 19.6 Å². The molecule has 0 aliphatic rings. The summed E-state index contributed by atoms with van der Waals surface area (Å²) < 4.78 is 15.2. The normalized spacial score (nSPS) is 11.8. The molecular weight excluding hydrogens is 326 g/mol. The fourth-order valence-corrected chi connectivity index (χ4v) is 2.27. The molecule has 1 unspecified atom stereocenters. The first-order valence-corrected chi connectivity index (χ1v) is 7.74. The number of carbonyl (C=O) groups is 2. The summed E-state index contributed by atoms with van der Waals surface area (Å²) in [5.41, 5.74) is 1.02. The third kappa shape index (κ3) is 4.91. The minimum Gasteiger partial charge on any atom is -0.465 e. The summed E-state index contributed by atoms with van der Waals surface area (Å²) in [6.07, 6.45) is -0.450. The SMILES string of the molecule is COC(=O)c1cc(C(=O)OC)cc(-c2ccc(CNCC(C)O)o2)c1. The van der Waals surface area contributed by atoms with Gasteiger partial charge in [-0.25, -0.2) is 9.59 Å². The van der Waals surface area contributed by atoms with Crippen LogP contribution in [-0.2, 0) is 16.0 Å². The Morgan fingerprint density at radius 1 is 1.12 bits per heavy atom. The molecule has 1 aromatic carbocycles. The topological polar surface area (TPSA) is 98.0 Å². The third-order valence-corrected chi connectivity index (χ3v) is 3.46. The van der Waals surface area contributed by atoms with Crippen molar-refractivity contribution >= 4 is 11.9 Å². The van der Waals surface area contributed by atoms with Crippen molar-refractivity contribution in [1.29, 1.82) is 0 Å². The van der Waals surface area contributed by atoms with Crippen molar-refractivity contribution in [2.24, 2.45) is 0 Å². The lowest BCUT2D eigenvalue weighted by Gasteiger charge is -2.07. The van der Waals surface area contributed by atoms with E-state index in [1.165, 1.54) is 20.3 Å². The van der Waals surface area contributed by atoms with Gasteiger partial charge in [-0.1, -0.05) is 0 Å². The van der Waals surface area contributed by atoms with E-state index in [2.05, 4.69) is 5.32 Å². The number of methoxy groups -OCH3 is 2. The molecule has 1 atom stereocenters. The van der Waals surface area contributed by atoms with Gasteiger partial charge >= 0.3 is 11.9 Å². The maximum Gasteiger partial charge on any atom is 0.337 e. The number of hydrogen-bond donors (Lipinski definition) is 2. The van der Waals surface area contributed by atoms with Gasteiger partial charge in [-0.05, 0) is 37.3 Å². The molecule has 0 saturated carbocycles. The minimum absolute atomic E-state index is 0.227. The predicted molar refractivity (Wildman–Crippen MR) is 90.2 cm³/mol. The third-order valence-electron chi connectivity index (χ3n) is 3.46. The molecule has 25 heavy (non-hydrogen) atoms. The molecule has 0 aliphatic heterocycles. The monoisotopic (exact) mass is 347 g/mol. The Labute approximate surface area is 145 Å². The van der Waals surface area contributed by atoms with Crippen LogP contribution in [0.15, 0.2) is 34.7 Å². The molecule has 2 N–H and O–H groups in total. The second-order valence-electron chi connectivity index (χ2n) is 5.53. The fraction of sp³-hybridized carbons (Fsp3) is 0.333. The highest BCUT2D eigenvalue weighted by atomic mass is 16.5. The molecule has 7 nitrogen and oxygen atoms in total. The number of aliphatic hydroxyl groups is 1. The van der Waals surface area contributed by atoms with Crippen LogP contribution >= 0.6 is 0 Å². The van der Waals surface area contributed by atoms with Crippen LogP contribution in [0, 0.1) is 0 Å². The van der Waals surface area contributed by atoms with E-state index in [1.54, 1.807) is 31.2 Å². The Balaban J connectivity index is 2.29. The van der Waals surface area contributed by atoms with Crippen LogP contribution in [-0.4, -0.2) is 43.9 Å². The zero-order chi connectivity index (χ0) is 18.4. The number of carbonyl (C=O) groups excluding carboxylic acids is 2. The molecule has 0 aliphatic carbocycles. The molecule has 1 aromatic heterocycles. The van der Waals surface area contributed by atoms with Crippen molar-refractivity contribution in [3.63, 3.8) is 0 Å². The molecule has 0 saturated heterocycles. The van der Waals surface area contributed by atoms with E-state index in [-0.39, 0.29) is 11.1 Å². The summed E-state index contributed by atoms with van der Waals surface area (Å²) in [5, 5.41) is 12.3. The van der Waals surface area contributed by atoms with Gasteiger partial charge in [0.1, 0.15) is 11.5 Å². The van der Waals surface area contributed by atoms with E-state index >= 15 is 0 Å². The minimum atomic E-state index is -0.558. The van der Waals surface area contributed by atoms with Crippen LogP contribution in [0.1, 0.15) is 33.4 Å². The van der Waals surface area contributed by atoms with Crippen LogP contribution in [0.3, 0.4) is 0 Å². The summed E-state index contributed by atoms with van der Waals surface area (Å²) in [6.45, 7) is 2.58. The molecule has 0 radical (unpaired) electrons. The van der Waals surface area contributed by atoms with E-state index in [1.807, 2.05) is 0 Å². The summed E-state index contributed by atoms with van der Waals surface area (Å²) in [4.78, 5) is 23.7. The number of benzene rings is 1. The lowest BCUT2D eigenvalue weighted by atomic mass is 10.0. The van der Waals surface area contributed by atoms with Crippen molar-refractivity contribution in [3.05, 3.63) is 47.2 Å². The Hall–Kier alpha value is -2.64. The molecule has 2 aromatic rings. The van der Waals surface area contributed by atoms with Gasteiger partial charge in [-0.2, -0.15) is 0 Å². The second-order valence-corrected chi connectivity index (χ2v) is 5.53. The average molecular weight is 347 g/mol. The zero-order valence-electron chi connectivity index (χ0n) is 14.4. The number of nitrogens with one attached hydrogen (secondary N) is 1. The Morgan fingerprint density at radius 3 is 2.24 bits per heavy atom. The number of rotatable bonds is 7. The lowest BCUT2D eigenvalue weighted by molar-refractivity contribution is 0.0599. The molecule has 0 bridgehead atoms. The molecule has 7 heteroatoms. The van der Waals surface area contributed by atoms with Gasteiger partial charge in [0, 0.05) is 12.1 Å². The maximum absolute atomic E-state index is 11.8. The van der Waals surface area contributed by atoms with Gasteiger partial charge in [0.2, 0.25) is 0 Å². The predicted octanol–water partition coefficient (Wildman–Crippen LogP) is 1.99. The number of ether oxygens (including phenoxy) is 2. The quantitative estimate of drug-likeness (QED) is 0.739. The van der Waals surface area contributed by atoms with Crippen molar-refractivity contribution in [1.82, 2.24) is 5.32 Å². The zero-order valence-corrected chi connectivity index (χ0v) is 14.4. The summed E-state index contributed by atoms with van der Waals surface area (Å²) >= 11 is 0. The maximum atomic E-state index is 11.8. The highest BCUT2D eigenvalue weighted by Crippen LogP contribution is 2.25. The Kier molecular flexibility index (Phi) is 6.32. The van der Waals surface area contributed by atoms with Crippen LogP contribution in [0.4, 0.5) is 0 Å². The van der Waals surface area contributed by atoms with Crippen molar-refractivity contribution in [2.75, 3.05) is 20.8 Å². The first-order valence-electron chi connectivity index (χ1n) is 7.74. The molecular formula is C18H21NO6. The molecule has 1 heterocycles. The van der Waals surface area contributed by atoms with Gasteiger partial charge in [-0.3, -0.25) is 0 Å². The molecule has 0 amide bonds. The molecule has 0 fully saturated rings. The average Bonchev–Trinajstić information content (AvgIpc) is 3.08. The van der Waals surface area contributed by atoms with Crippen LogP contribution < -0.4 is 5.32 Å². The first kappa shape index (κ1) is 18.7. The first-order chi connectivity index (χ1) is 11.9. The number of hydrogen-bond acceptors (Lipinski definition) is 7. The van der Waals surface area contributed by atoms with Gasteiger partial charge in [0.05, 0.1) is 38.0 Å². The summed E-state index contributed by atoms with van der Waals surface area (Å²) in [7, 11) is 2.54. The Morgan fingerprint density at radius 2 is 1.72 bits per heavy atom. The Bertz CT molecular complexity index is 716. The van der Waals surface area contributed by atoms with E-state index in [4.69, 9.17) is 13.9 Å². The molecule has 2 rings (SSSR count). The molecule has 0 spiro atoms. The standard InChI is InChI=1S/C18H21NO6/c1-11(20)9-19-10-15-4-5-16(25-15)12-6-13(17(21)23-2)8-14(7-12)18(22)24-3/h4-8,11,19-20H,9-10H2,1-3H3. The lowest BCUT2D eigenvalue weighted by Crippen LogP contribution is -2.23. The number of furan rings is 1. The fourth-order valence-electron chi connectivity index (χ4n) is 2.27. The largest absolute Gasteiger partial charge is 0.465 e. The van der Waals surface area contributed by atoms with Gasteiger partial charge in [0.25, 0.3) is 0 Å². The van der Waals surface area contributed by atoms with Crippen LogP contribution in [0.5, 0.6) is 0 Å². The van der Waals surface area contributed by atoms with E-state index in [9.17, 15) is 14.7 Å². The number of esters is 2. The van der Waals surface area contributed by atoms with Crippen molar-refractivity contribution < 1.29 is 28.6 Å². The van der Waals surface area contributed by atoms with Gasteiger partial charge in [-0.15, -0.1) is 0 Å².